The van der Waals surface area contributed by atoms with Crippen LogP contribution in [0, 0.1) is 0 Å². The van der Waals surface area contributed by atoms with Crippen molar-refractivity contribution in [3.05, 3.63) is 54.4 Å². The SMILES string of the molecule is CNC(=O)c1cncc(-c2ccccc2)c1. The molecule has 1 N–H and O–H groups in total. The highest BCUT2D eigenvalue weighted by molar-refractivity contribution is 5.94. The lowest BCUT2D eigenvalue weighted by molar-refractivity contribution is 0.0963. The van der Waals surface area contributed by atoms with Crippen LogP contribution in [0.4, 0.5) is 0 Å². The molecule has 0 aliphatic rings. The molecule has 0 atom stereocenters. The van der Waals surface area contributed by atoms with Crippen molar-refractivity contribution in [1.29, 1.82) is 0 Å². The highest BCUT2D eigenvalue weighted by atomic mass is 16.1. The minimum absolute atomic E-state index is 0.120. The van der Waals surface area contributed by atoms with E-state index in [-0.39, 0.29) is 5.91 Å². The van der Waals surface area contributed by atoms with Crippen LogP contribution in [0.1, 0.15) is 10.4 Å². The van der Waals surface area contributed by atoms with E-state index in [1.807, 2.05) is 36.4 Å². The summed E-state index contributed by atoms with van der Waals surface area (Å²) in [5.74, 6) is -0.120. The van der Waals surface area contributed by atoms with Gasteiger partial charge >= 0.3 is 0 Å². The topological polar surface area (TPSA) is 42.0 Å². The predicted octanol–water partition coefficient (Wildman–Crippen LogP) is 2.11. The second-order valence-electron chi connectivity index (χ2n) is 3.41. The summed E-state index contributed by atoms with van der Waals surface area (Å²) in [6.45, 7) is 0. The third-order valence-electron chi connectivity index (χ3n) is 2.33. The third kappa shape index (κ3) is 2.08. The fraction of sp³-hybridized carbons (Fsp3) is 0.0769. The summed E-state index contributed by atoms with van der Waals surface area (Å²) in [5.41, 5.74) is 2.58. The molecular formula is C13H12N2O. The van der Waals surface area contributed by atoms with E-state index in [0.29, 0.717) is 5.56 Å². The zero-order valence-electron chi connectivity index (χ0n) is 8.97. The van der Waals surface area contributed by atoms with Crippen molar-refractivity contribution in [2.75, 3.05) is 7.05 Å². The number of carbonyl (C=O) groups is 1. The fourth-order valence-electron chi connectivity index (χ4n) is 1.50. The number of rotatable bonds is 2. The quantitative estimate of drug-likeness (QED) is 0.828. The zero-order valence-corrected chi connectivity index (χ0v) is 8.97. The van der Waals surface area contributed by atoms with E-state index >= 15 is 0 Å². The summed E-state index contributed by atoms with van der Waals surface area (Å²) >= 11 is 0. The molecular weight excluding hydrogens is 200 g/mol. The van der Waals surface area contributed by atoms with Crippen molar-refractivity contribution in [1.82, 2.24) is 10.3 Å². The van der Waals surface area contributed by atoms with Crippen molar-refractivity contribution in [2.24, 2.45) is 0 Å². The lowest BCUT2D eigenvalue weighted by Crippen LogP contribution is -2.17. The molecule has 2 aromatic rings. The van der Waals surface area contributed by atoms with E-state index in [9.17, 15) is 4.79 Å². The van der Waals surface area contributed by atoms with E-state index in [4.69, 9.17) is 0 Å². The second kappa shape index (κ2) is 4.57. The molecule has 0 saturated heterocycles. The first-order valence-corrected chi connectivity index (χ1v) is 5.04. The molecule has 80 valence electrons. The smallest absolute Gasteiger partial charge is 0.252 e. The molecule has 1 amide bonds. The molecule has 0 spiro atoms. The van der Waals surface area contributed by atoms with Gasteiger partial charge in [-0.15, -0.1) is 0 Å². The molecule has 0 radical (unpaired) electrons. The van der Waals surface area contributed by atoms with Crippen LogP contribution in [0.25, 0.3) is 11.1 Å². The van der Waals surface area contributed by atoms with Gasteiger partial charge in [0.2, 0.25) is 0 Å². The van der Waals surface area contributed by atoms with E-state index in [2.05, 4.69) is 10.3 Å². The Kier molecular flexibility index (Phi) is 2.96. The Hall–Kier alpha value is -2.16. The van der Waals surface area contributed by atoms with Crippen LogP contribution in [-0.4, -0.2) is 17.9 Å². The molecule has 0 bridgehead atoms. The first-order valence-electron chi connectivity index (χ1n) is 5.04. The Balaban J connectivity index is 2.40. The third-order valence-corrected chi connectivity index (χ3v) is 2.33. The maximum atomic E-state index is 11.4. The lowest BCUT2D eigenvalue weighted by atomic mass is 10.1. The summed E-state index contributed by atoms with van der Waals surface area (Å²) in [4.78, 5) is 15.5. The van der Waals surface area contributed by atoms with Gasteiger partial charge in [-0.3, -0.25) is 9.78 Å². The lowest BCUT2D eigenvalue weighted by Gasteiger charge is -2.03. The van der Waals surface area contributed by atoms with Crippen molar-refractivity contribution in [2.45, 2.75) is 0 Å². The average Bonchev–Trinajstić information content (AvgIpc) is 2.39. The van der Waals surface area contributed by atoms with E-state index in [1.54, 1.807) is 19.4 Å². The molecule has 1 aromatic heterocycles. The summed E-state index contributed by atoms with van der Waals surface area (Å²) in [7, 11) is 1.61. The number of hydrogen-bond donors (Lipinski definition) is 1. The molecule has 0 aliphatic carbocycles. The summed E-state index contributed by atoms with van der Waals surface area (Å²) in [5, 5.41) is 2.58. The summed E-state index contributed by atoms with van der Waals surface area (Å²) < 4.78 is 0. The molecule has 0 saturated carbocycles. The van der Waals surface area contributed by atoms with Crippen LogP contribution in [-0.2, 0) is 0 Å². The van der Waals surface area contributed by atoms with Crippen molar-refractivity contribution >= 4 is 5.91 Å². The Morgan fingerprint density at radius 1 is 1.12 bits per heavy atom. The van der Waals surface area contributed by atoms with Crippen LogP contribution >= 0.6 is 0 Å². The number of benzene rings is 1. The number of hydrogen-bond acceptors (Lipinski definition) is 2. The van der Waals surface area contributed by atoms with Gasteiger partial charge in [0.05, 0.1) is 5.56 Å². The van der Waals surface area contributed by atoms with Gasteiger partial charge in [-0.05, 0) is 11.6 Å². The Morgan fingerprint density at radius 2 is 1.88 bits per heavy atom. The molecule has 1 heterocycles. The van der Waals surface area contributed by atoms with Gasteiger partial charge in [0.15, 0.2) is 0 Å². The van der Waals surface area contributed by atoms with E-state index < -0.39 is 0 Å². The number of pyridine rings is 1. The monoisotopic (exact) mass is 212 g/mol. The van der Waals surface area contributed by atoms with Gasteiger partial charge in [0.1, 0.15) is 0 Å². The predicted molar refractivity (Wildman–Crippen MR) is 63.1 cm³/mol. The molecule has 0 aliphatic heterocycles. The highest BCUT2D eigenvalue weighted by Gasteiger charge is 2.05. The second-order valence-corrected chi connectivity index (χ2v) is 3.41. The first kappa shape index (κ1) is 10.4. The maximum Gasteiger partial charge on any atom is 0.252 e. The molecule has 1 aromatic carbocycles. The number of amides is 1. The van der Waals surface area contributed by atoms with E-state index in [0.717, 1.165) is 11.1 Å². The Bertz CT molecular complexity index is 494. The first-order chi connectivity index (χ1) is 7.81. The largest absolute Gasteiger partial charge is 0.355 e. The van der Waals surface area contributed by atoms with Gasteiger partial charge in [-0.1, -0.05) is 30.3 Å². The van der Waals surface area contributed by atoms with E-state index in [1.165, 1.54) is 0 Å². The molecule has 3 nitrogen and oxygen atoms in total. The van der Waals surface area contributed by atoms with Crippen molar-refractivity contribution in [3.8, 4) is 11.1 Å². The van der Waals surface area contributed by atoms with Crippen molar-refractivity contribution in [3.63, 3.8) is 0 Å². The average molecular weight is 212 g/mol. The molecule has 0 unspecified atom stereocenters. The number of aromatic nitrogens is 1. The van der Waals surface area contributed by atoms with Crippen LogP contribution < -0.4 is 5.32 Å². The molecule has 0 fully saturated rings. The normalized spacial score (nSPS) is 9.81. The maximum absolute atomic E-state index is 11.4. The van der Waals surface area contributed by atoms with Crippen LogP contribution in [0.15, 0.2) is 48.8 Å². The minimum Gasteiger partial charge on any atom is -0.355 e. The van der Waals surface area contributed by atoms with Gasteiger partial charge in [-0.2, -0.15) is 0 Å². The van der Waals surface area contributed by atoms with Gasteiger partial charge in [-0.25, -0.2) is 0 Å². The Morgan fingerprint density at radius 3 is 2.56 bits per heavy atom. The number of carbonyl (C=O) groups excluding carboxylic acids is 1. The summed E-state index contributed by atoms with van der Waals surface area (Å²) in [6, 6.07) is 11.7. The molecule has 3 heteroatoms. The summed E-state index contributed by atoms with van der Waals surface area (Å²) in [6.07, 6.45) is 3.31. The number of nitrogens with one attached hydrogen (secondary N) is 1. The zero-order chi connectivity index (χ0) is 11.4. The van der Waals surface area contributed by atoms with Gasteiger partial charge < -0.3 is 5.32 Å². The molecule has 2 rings (SSSR count). The highest BCUT2D eigenvalue weighted by Crippen LogP contribution is 2.18. The standard InChI is InChI=1S/C13H12N2O/c1-14-13(16)12-7-11(8-15-9-12)10-5-3-2-4-6-10/h2-9H,1H3,(H,14,16). The number of nitrogens with zero attached hydrogens (tertiary/aromatic N) is 1. The van der Waals surface area contributed by atoms with Gasteiger partial charge in [0, 0.05) is 25.0 Å². The van der Waals surface area contributed by atoms with Gasteiger partial charge in [0.25, 0.3) is 5.91 Å². The molecule has 16 heavy (non-hydrogen) atoms. The van der Waals surface area contributed by atoms with Crippen LogP contribution in [0.5, 0.6) is 0 Å². The fourth-order valence-corrected chi connectivity index (χ4v) is 1.50. The Labute approximate surface area is 94.1 Å². The van der Waals surface area contributed by atoms with Crippen molar-refractivity contribution < 1.29 is 4.79 Å². The van der Waals surface area contributed by atoms with Crippen LogP contribution in [0.3, 0.4) is 0 Å². The van der Waals surface area contributed by atoms with Crippen LogP contribution in [0.2, 0.25) is 0 Å². The minimum atomic E-state index is -0.120.